The van der Waals surface area contributed by atoms with E-state index in [0.29, 0.717) is 17.7 Å². The SMILES string of the molecule is CC/C(=C/CSCc1ccccc1Cl)C(=O)O. The number of carbonyl (C=O) groups is 1. The normalized spacial score (nSPS) is 11.5. The second kappa shape index (κ2) is 7.41. The summed E-state index contributed by atoms with van der Waals surface area (Å²) >= 11 is 7.68. The van der Waals surface area contributed by atoms with E-state index >= 15 is 0 Å². The van der Waals surface area contributed by atoms with Crippen molar-refractivity contribution in [2.24, 2.45) is 0 Å². The molecule has 0 heterocycles. The molecule has 0 unspecified atom stereocenters. The van der Waals surface area contributed by atoms with Gasteiger partial charge in [0, 0.05) is 22.1 Å². The summed E-state index contributed by atoms with van der Waals surface area (Å²) in [7, 11) is 0. The van der Waals surface area contributed by atoms with Crippen LogP contribution in [0.5, 0.6) is 0 Å². The van der Waals surface area contributed by atoms with Crippen LogP contribution in [0.1, 0.15) is 18.9 Å². The van der Waals surface area contributed by atoms with Crippen LogP contribution < -0.4 is 0 Å². The Hall–Kier alpha value is -0.930. The van der Waals surface area contributed by atoms with Crippen LogP contribution in [0.15, 0.2) is 35.9 Å². The smallest absolute Gasteiger partial charge is 0.331 e. The Labute approximate surface area is 111 Å². The molecule has 4 heteroatoms. The third-order valence-electron chi connectivity index (χ3n) is 2.32. The van der Waals surface area contributed by atoms with Crippen LogP contribution in [0, 0.1) is 0 Å². The van der Waals surface area contributed by atoms with E-state index in [1.165, 1.54) is 0 Å². The first-order valence-electron chi connectivity index (χ1n) is 5.38. The fourth-order valence-corrected chi connectivity index (χ4v) is 2.52. The Morgan fingerprint density at radius 3 is 2.76 bits per heavy atom. The highest BCUT2D eigenvalue weighted by molar-refractivity contribution is 7.98. The third kappa shape index (κ3) is 4.84. The van der Waals surface area contributed by atoms with Gasteiger partial charge in [-0.25, -0.2) is 4.79 Å². The maximum atomic E-state index is 10.8. The first kappa shape index (κ1) is 14.1. The Morgan fingerprint density at radius 1 is 1.47 bits per heavy atom. The summed E-state index contributed by atoms with van der Waals surface area (Å²) in [6.07, 6.45) is 2.33. The monoisotopic (exact) mass is 270 g/mol. The Morgan fingerprint density at radius 2 is 2.18 bits per heavy atom. The van der Waals surface area contributed by atoms with Gasteiger partial charge in [0.1, 0.15) is 0 Å². The zero-order valence-corrected chi connectivity index (χ0v) is 11.2. The number of rotatable bonds is 6. The van der Waals surface area contributed by atoms with Gasteiger partial charge in [-0.1, -0.05) is 42.8 Å². The lowest BCUT2D eigenvalue weighted by atomic mass is 10.2. The second-order valence-corrected chi connectivity index (χ2v) is 4.93. The van der Waals surface area contributed by atoms with E-state index in [4.69, 9.17) is 16.7 Å². The van der Waals surface area contributed by atoms with Gasteiger partial charge in [-0.15, -0.1) is 0 Å². The molecule has 0 radical (unpaired) electrons. The van der Waals surface area contributed by atoms with E-state index in [9.17, 15) is 4.79 Å². The molecule has 1 rings (SSSR count). The van der Waals surface area contributed by atoms with Crippen molar-refractivity contribution in [1.82, 2.24) is 0 Å². The topological polar surface area (TPSA) is 37.3 Å². The molecule has 0 bridgehead atoms. The number of benzene rings is 1. The molecule has 17 heavy (non-hydrogen) atoms. The van der Waals surface area contributed by atoms with Gasteiger partial charge in [0.05, 0.1) is 0 Å². The molecule has 0 aliphatic heterocycles. The summed E-state index contributed by atoms with van der Waals surface area (Å²) in [6, 6.07) is 7.70. The molecular formula is C13H15ClO2S. The van der Waals surface area contributed by atoms with Crippen LogP contribution >= 0.6 is 23.4 Å². The molecular weight excluding hydrogens is 256 g/mol. The van der Waals surface area contributed by atoms with E-state index in [2.05, 4.69) is 0 Å². The predicted octanol–water partition coefficient (Wildman–Crippen LogP) is 3.99. The van der Waals surface area contributed by atoms with Gasteiger partial charge in [0.2, 0.25) is 0 Å². The maximum absolute atomic E-state index is 10.8. The fraction of sp³-hybridized carbons (Fsp3) is 0.308. The number of hydrogen-bond donors (Lipinski definition) is 1. The van der Waals surface area contributed by atoms with Gasteiger partial charge in [-0.3, -0.25) is 0 Å². The predicted molar refractivity (Wildman–Crippen MR) is 73.6 cm³/mol. The van der Waals surface area contributed by atoms with E-state index in [0.717, 1.165) is 16.3 Å². The molecule has 0 saturated heterocycles. The third-order valence-corrected chi connectivity index (χ3v) is 3.60. The van der Waals surface area contributed by atoms with Crippen LogP contribution in [-0.4, -0.2) is 16.8 Å². The number of carboxylic acid groups (broad SMARTS) is 1. The average Bonchev–Trinajstić information content (AvgIpc) is 2.31. The van der Waals surface area contributed by atoms with E-state index in [-0.39, 0.29) is 0 Å². The first-order valence-corrected chi connectivity index (χ1v) is 6.92. The van der Waals surface area contributed by atoms with Crippen LogP contribution in [0.3, 0.4) is 0 Å². The lowest BCUT2D eigenvalue weighted by Gasteiger charge is -2.02. The summed E-state index contributed by atoms with van der Waals surface area (Å²) < 4.78 is 0. The summed E-state index contributed by atoms with van der Waals surface area (Å²) in [5.74, 6) is 0.666. The molecule has 0 fully saturated rings. The van der Waals surface area contributed by atoms with Crippen molar-refractivity contribution in [3.05, 3.63) is 46.5 Å². The summed E-state index contributed by atoms with van der Waals surface area (Å²) in [6.45, 7) is 1.85. The number of halogens is 1. The number of hydrogen-bond acceptors (Lipinski definition) is 2. The highest BCUT2D eigenvalue weighted by Gasteiger charge is 2.03. The largest absolute Gasteiger partial charge is 0.478 e. The molecule has 92 valence electrons. The van der Waals surface area contributed by atoms with Crippen molar-refractivity contribution >= 4 is 29.3 Å². The minimum absolute atomic E-state index is 0.469. The van der Waals surface area contributed by atoms with Gasteiger partial charge in [-0.05, 0) is 18.1 Å². The van der Waals surface area contributed by atoms with Gasteiger partial charge < -0.3 is 5.11 Å². The zero-order chi connectivity index (χ0) is 12.7. The number of thioether (sulfide) groups is 1. The van der Waals surface area contributed by atoms with Crippen molar-refractivity contribution in [1.29, 1.82) is 0 Å². The van der Waals surface area contributed by atoms with Crippen molar-refractivity contribution in [3.63, 3.8) is 0 Å². The summed E-state index contributed by atoms with van der Waals surface area (Å²) in [5, 5.41) is 9.60. The van der Waals surface area contributed by atoms with Gasteiger partial charge in [-0.2, -0.15) is 11.8 Å². The van der Waals surface area contributed by atoms with Crippen LogP contribution in [0.2, 0.25) is 5.02 Å². The Bertz CT molecular complexity index is 416. The Balaban J connectivity index is 2.43. The molecule has 0 aliphatic carbocycles. The number of carboxylic acids is 1. The molecule has 0 aromatic heterocycles. The molecule has 0 spiro atoms. The Kier molecular flexibility index (Phi) is 6.16. The molecule has 1 aromatic rings. The molecule has 2 nitrogen and oxygen atoms in total. The van der Waals surface area contributed by atoms with Crippen LogP contribution in [0.25, 0.3) is 0 Å². The molecule has 0 atom stereocenters. The van der Waals surface area contributed by atoms with Gasteiger partial charge in [0.25, 0.3) is 0 Å². The van der Waals surface area contributed by atoms with Crippen LogP contribution in [0.4, 0.5) is 0 Å². The lowest BCUT2D eigenvalue weighted by Crippen LogP contribution is -1.99. The highest BCUT2D eigenvalue weighted by Crippen LogP contribution is 2.21. The van der Waals surface area contributed by atoms with E-state index in [1.54, 1.807) is 17.8 Å². The first-order chi connectivity index (χ1) is 8.15. The number of aliphatic carboxylic acids is 1. The fourth-order valence-electron chi connectivity index (χ4n) is 1.33. The quantitative estimate of drug-likeness (QED) is 0.627. The van der Waals surface area contributed by atoms with Crippen molar-refractivity contribution in [2.45, 2.75) is 19.1 Å². The minimum atomic E-state index is -0.828. The molecule has 0 amide bonds. The zero-order valence-electron chi connectivity index (χ0n) is 9.65. The molecule has 0 aliphatic rings. The van der Waals surface area contributed by atoms with Crippen LogP contribution in [-0.2, 0) is 10.5 Å². The van der Waals surface area contributed by atoms with E-state index < -0.39 is 5.97 Å². The van der Waals surface area contributed by atoms with Gasteiger partial charge >= 0.3 is 5.97 Å². The van der Waals surface area contributed by atoms with Gasteiger partial charge in [0.15, 0.2) is 0 Å². The molecule has 1 aromatic carbocycles. The standard InChI is InChI=1S/C13H15ClO2S/c1-2-10(13(15)16)7-8-17-9-11-5-3-4-6-12(11)14/h3-7H,2,8-9H2,1H3,(H,15,16)/b10-7-. The lowest BCUT2D eigenvalue weighted by molar-refractivity contribution is -0.132. The summed E-state index contributed by atoms with van der Waals surface area (Å²) in [5.41, 5.74) is 1.55. The summed E-state index contributed by atoms with van der Waals surface area (Å²) in [4.78, 5) is 10.8. The maximum Gasteiger partial charge on any atom is 0.331 e. The average molecular weight is 271 g/mol. The highest BCUT2D eigenvalue weighted by atomic mass is 35.5. The molecule has 1 N–H and O–H groups in total. The minimum Gasteiger partial charge on any atom is -0.478 e. The van der Waals surface area contributed by atoms with E-state index in [1.807, 2.05) is 31.2 Å². The van der Waals surface area contributed by atoms with Crippen molar-refractivity contribution < 1.29 is 9.90 Å². The van der Waals surface area contributed by atoms with Crippen molar-refractivity contribution in [3.8, 4) is 0 Å². The molecule has 0 saturated carbocycles. The second-order valence-electron chi connectivity index (χ2n) is 3.49. The van der Waals surface area contributed by atoms with Crippen molar-refractivity contribution in [2.75, 3.05) is 5.75 Å².